The summed E-state index contributed by atoms with van der Waals surface area (Å²) in [6.45, 7) is 0. The first-order chi connectivity index (χ1) is 7.56. The third-order valence-corrected chi connectivity index (χ3v) is 3.36. The summed E-state index contributed by atoms with van der Waals surface area (Å²) in [7, 11) is 0. The molecule has 0 heterocycles. The Morgan fingerprint density at radius 3 is 2.62 bits per heavy atom. The van der Waals surface area contributed by atoms with Gasteiger partial charge in [-0.2, -0.15) is 0 Å². The molecule has 5 heteroatoms. The highest BCUT2D eigenvalue weighted by atomic mass is 79.9. The molecule has 1 nitrogen and oxygen atoms in total. The van der Waals surface area contributed by atoms with Crippen LogP contribution in [0.15, 0.2) is 23.1 Å². The SMILES string of the molecule is CSc1cc(CC(=O)CBr)cc(C(F)F)c1. The molecule has 0 unspecified atom stereocenters. The largest absolute Gasteiger partial charge is 0.298 e. The van der Waals surface area contributed by atoms with E-state index in [0.717, 1.165) is 4.90 Å². The van der Waals surface area contributed by atoms with Crippen LogP contribution in [0.3, 0.4) is 0 Å². The van der Waals surface area contributed by atoms with Crippen molar-refractivity contribution >= 4 is 33.5 Å². The molecule has 0 spiro atoms. The van der Waals surface area contributed by atoms with Crippen LogP contribution in [0.5, 0.6) is 0 Å². The van der Waals surface area contributed by atoms with Crippen LogP contribution in [0.25, 0.3) is 0 Å². The zero-order valence-electron chi connectivity index (χ0n) is 8.67. The van der Waals surface area contributed by atoms with E-state index in [9.17, 15) is 13.6 Å². The summed E-state index contributed by atoms with van der Waals surface area (Å²) in [6.07, 6.45) is -0.482. The molecule has 0 fully saturated rings. The average Bonchev–Trinajstić information content (AvgIpc) is 2.28. The van der Waals surface area contributed by atoms with Crippen molar-refractivity contribution < 1.29 is 13.6 Å². The van der Waals surface area contributed by atoms with Crippen LogP contribution in [0.2, 0.25) is 0 Å². The normalized spacial score (nSPS) is 10.8. The van der Waals surface area contributed by atoms with E-state index in [1.165, 1.54) is 23.9 Å². The molecule has 0 aliphatic heterocycles. The van der Waals surface area contributed by atoms with Crippen LogP contribution in [0.1, 0.15) is 17.6 Å². The van der Waals surface area contributed by atoms with Gasteiger partial charge < -0.3 is 0 Å². The van der Waals surface area contributed by atoms with Crippen LogP contribution < -0.4 is 0 Å². The van der Waals surface area contributed by atoms with Gasteiger partial charge >= 0.3 is 0 Å². The van der Waals surface area contributed by atoms with E-state index in [0.29, 0.717) is 5.56 Å². The smallest absolute Gasteiger partial charge is 0.263 e. The molecule has 0 saturated heterocycles. The van der Waals surface area contributed by atoms with Crippen molar-refractivity contribution in [1.29, 1.82) is 0 Å². The summed E-state index contributed by atoms with van der Waals surface area (Å²) in [5, 5.41) is 0.251. The second-order valence-electron chi connectivity index (χ2n) is 3.26. The Kier molecular flexibility index (Phi) is 5.41. The van der Waals surface area contributed by atoms with E-state index in [1.807, 2.05) is 6.26 Å². The Bertz CT molecular complexity index is 382. The van der Waals surface area contributed by atoms with Gasteiger partial charge in [-0.3, -0.25) is 4.79 Å². The molecule has 0 bridgehead atoms. The Hall–Kier alpha value is -0.420. The number of carbonyl (C=O) groups excluding carboxylic acids is 1. The van der Waals surface area contributed by atoms with Crippen LogP contribution >= 0.6 is 27.7 Å². The Morgan fingerprint density at radius 1 is 1.44 bits per heavy atom. The maximum atomic E-state index is 12.6. The number of Topliss-reactive ketones (excluding diaryl/α,β-unsaturated/α-hetero) is 1. The fraction of sp³-hybridized carbons (Fsp3) is 0.364. The minimum atomic E-state index is -2.50. The molecule has 0 atom stereocenters. The fourth-order valence-corrected chi connectivity index (χ4v) is 2.03. The fourth-order valence-electron chi connectivity index (χ4n) is 1.31. The maximum absolute atomic E-state index is 12.6. The van der Waals surface area contributed by atoms with Crippen molar-refractivity contribution in [2.45, 2.75) is 17.7 Å². The summed E-state index contributed by atoms with van der Waals surface area (Å²) >= 11 is 4.45. The average molecular weight is 309 g/mol. The molecule has 0 radical (unpaired) electrons. The summed E-state index contributed by atoms with van der Waals surface area (Å²) in [4.78, 5) is 12.0. The monoisotopic (exact) mass is 308 g/mol. The zero-order valence-corrected chi connectivity index (χ0v) is 11.1. The molecule has 1 aromatic rings. The van der Waals surface area contributed by atoms with Crippen molar-refractivity contribution in [3.8, 4) is 0 Å². The van der Waals surface area contributed by atoms with E-state index in [4.69, 9.17) is 0 Å². The molecule has 0 aliphatic rings. The zero-order chi connectivity index (χ0) is 12.1. The highest BCUT2D eigenvalue weighted by Crippen LogP contribution is 2.26. The molecular formula is C11H11BrF2OS. The van der Waals surface area contributed by atoms with Crippen LogP contribution in [-0.4, -0.2) is 17.4 Å². The van der Waals surface area contributed by atoms with Crippen LogP contribution in [0, 0.1) is 0 Å². The predicted octanol–water partition coefficient (Wildman–Crippen LogP) is 3.85. The number of benzene rings is 1. The lowest BCUT2D eigenvalue weighted by molar-refractivity contribution is -0.115. The second kappa shape index (κ2) is 6.35. The van der Waals surface area contributed by atoms with Gasteiger partial charge in [0.2, 0.25) is 0 Å². The lowest BCUT2D eigenvalue weighted by Gasteiger charge is -2.07. The molecule has 1 aromatic carbocycles. The van der Waals surface area contributed by atoms with Crippen molar-refractivity contribution in [2.75, 3.05) is 11.6 Å². The molecule has 0 N–H and O–H groups in total. The Morgan fingerprint density at radius 2 is 2.12 bits per heavy atom. The van der Waals surface area contributed by atoms with Gasteiger partial charge in [-0.25, -0.2) is 8.78 Å². The quantitative estimate of drug-likeness (QED) is 0.607. The van der Waals surface area contributed by atoms with E-state index < -0.39 is 6.43 Å². The Balaban J connectivity index is 2.99. The van der Waals surface area contributed by atoms with Gasteiger partial charge in [0.05, 0.1) is 5.33 Å². The number of hydrogen-bond donors (Lipinski definition) is 0. The van der Waals surface area contributed by atoms with E-state index in [1.54, 1.807) is 6.07 Å². The van der Waals surface area contributed by atoms with Gasteiger partial charge in [-0.1, -0.05) is 15.9 Å². The van der Waals surface area contributed by atoms with Gasteiger partial charge in [0.1, 0.15) is 5.78 Å². The standard InChI is InChI=1S/C11H11BrF2OS/c1-16-10-4-7(3-9(15)6-12)2-8(5-10)11(13)14/h2,4-5,11H,3,6H2,1H3. The third-order valence-electron chi connectivity index (χ3n) is 2.03. The number of alkyl halides is 3. The lowest BCUT2D eigenvalue weighted by Crippen LogP contribution is -2.04. The minimum absolute atomic E-state index is 0.0153. The first-order valence-electron chi connectivity index (χ1n) is 4.60. The lowest BCUT2D eigenvalue weighted by atomic mass is 10.1. The van der Waals surface area contributed by atoms with Crippen molar-refractivity contribution in [1.82, 2.24) is 0 Å². The number of hydrogen-bond acceptors (Lipinski definition) is 2. The van der Waals surface area contributed by atoms with E-state index >= 15 is 0 Å². The van der Waals surface area contributed by atoms with Crippen LogP contribution in [0.4, 0.5) is 8.78 Å². The molecule has 1 rings (SSSR count). The number of ketones is 1. The summed E-state index contributed by atoms with van der Waals surface area (Å²) in [6, 6.07) is 4.62. The van der Waals surface area contributed by atoms with Crippen molar-refractivity contribution in [2.24, 2.45) is 0 Å². The number of carbonyl (C=O) groups is 1. The molecule has 16 heavy (non-hydrogen) atoms. The summed E-state index contributed by atoms with van der Waals surface area (Å²) < 4.78 is 25.2. The predicted molar refractivity (Wildman–Crippen MR) is 65.7 cm³/mol. The highest BCUT2D eigenvalue weighted by Gasteiger charge is 2.11. The Labute approximate surface area is 106 Å². The highest BCUT2D eigenvalue weighted by molar-refractivity contribution is 9.09. The maximum Gasteiger partial charge on any atom is 0.263 e. The molecular weight excluding hydrogens is 298 g/mol. The summed E-state index contributed by atoms with van der Waals surface area (Å²) in [5.41, 5.74) is 0.621. The van der Waals surface area contributed by atoms with Gasteiger partial charge in [0.15, 0.2) is 0 Å². The number of thioether (sulfide) groups is 1. The topological polar surface area (TPSA) is 17.1 Å². The van der Waals surface area contributed by atoms with Crippen LogP contribution in [-0.2, 0) is 11.2 Å². The van der Waals surface area contributed by atoms with Gasteiger partial charge in [0, 0.05) is 16.9 Å². The minimum Gasteiger partial charge on any atom is -0.298 e. The third kappa shape index (κ3) is 3.87. The number of rotatable bonds is 5. The molecule has 0 aliphatic carbocycles. The molecule has 0 amide bonds. The second-order valence-corrected chi connectivity index (χ2v) is 4.70. The summed E-state index contributed by atoms with van der Waals surface area (Å²) in [5.74, 6) is -0.0153. The molecule has 88 valence electrons. The first kappa shape index (κ1) is 13.6. The van der Waals surface area contributed by atoms with E-state index in [-0.39, 0.29) is 23.1 Å². The van der Waals surface area contributed by atoms with Gasteiger partial charge in [-0.15, -0.1) is 11.8 Å². The van der Waals surface area contributed by atoms with E-state index in [2.05, 4.69) is 15.9 Å². The number of halogens is 3. The van der Waals surface area contributed by atoms with Gasteiger partial charge in [0.25, 0.3) is 6.43 Å². The molecule has 0 aromatic heterocycles. The van der Waals surface area contributed by atoms with Gasteiger partial charge in [-0.05, 0) is 30.0 Å². The van der Waals surface area contributed by atoms with Crippen molar-refractivity contribution in [3.63, 3.8) is 0 Å². The first-order valence-corrected chi connectivity index (χ1v) is 6.95. The molecule has 0 saturated carbocycles. The van der Waals surface area contributed by atoms with Crippen molar-refractivity contribution in [3.05, 3.63) is 29.3 Å².